The number of carbonyl (C=O) groups is 1. The van der Waals surface area contributed by atoms with E-state index in [9.17, 15) is 4.79 Å². The first-order valence-electron chi connectivity index (χ1n) is 3.53. The predicted molar refractivity (Wildman–Crippen MR) is 34.7 cm³/mol. The second-order valence-corrected chi connectivity index (χ2v) is 2.74. The molecule has 4 nitrogen and oxygen atoms in total. The van der Waals surface area contributed by atoms with E-state index >= 15 is 0 Å². The van der Waals surface area contributed by atoms with Gasteiger partial charge >= 0.3 is 0 Å². The molecule has 1 aliphatic heterocycles. The molecule has 0 aromatic rings. The van der Waals surface area contributed by atoms with Crippen LogP contribution in [0.4, 0.5) is 0 Å². The van der Waals surface area contributed by atoms with Gasteiger partial charge in [0.2, 0.25) is 5.91 Å². The van der Waals surface area contributed by atoms with E-state index in [1.54, 1.807) is 0 Å². The van der Waals surface area contributed by atoms with Crippen molar-refractivity contribution in [1.29, 1.82) is 0 Å². The molecule has 1 heterocycles. The van der Waals surface area contributed by atoms with Gasteiger partial charge < -0.3 is 5.32 Å². The van der Waals surface area contributed by atoms with Gasteiger partial charge in [0.25, 0.3) is 0 Å². The van der Waals surface area contributed by atoms with Crippen LogP contribution in [0.15, 0.2) is 10.2 Å². The fraction of sp³-hybridized carbons (Fsp3) is 0.833. The fourth-order valence-electron chi connectivity index (χ4n) is 0.824. The molecule has 1 aliphatic carbocycles. The number of rotatable bonds is 2. The highest BCUT2D eigenvalue weighted by atomic mass is 16.2. The molecule has 2 aliphatic rings. The van der Waals surface area contributed by atoms with Crippen molar-refractivity contribution in [2.24, 2.45) is 10.2 Å². The fourth-order valence-corrected chi connectivity index (χ4v) is 0.824. The second-order valence-electron chi connectivity index (χ2n) is 2.74. The minimum Gasteiger partial charge on any atom is -0.351 e. The third-order valence-electron chi connectivity index (χ3n) is 1.70. The summed E-state index contributed by atoms with van der Waals surface area (Å²) >= 11 is 0. The highest BCUT2D eigenvalue weighted by Crippen LogP contribution is 2.19. The Labute approximate surface area is 58.7 Å². The maximum absolute atomic E-state index is 11.0. The van der Waals surface area contributed by atoms with Crippen LogP contribution >= 0.6 is 0 Å². The van der Waals surface area contributed by atoms with Crippen LogP contribution in [0.2, 0.25) is 0 Å². The molecule has 54 valence electrons. The zero-order chi connectivity index (χ0) is 6.97. The van der Waals surface area contributed by atoms with E-state index in [0.29, 0.717) is 12.6 Å². The topological polar surface area (TPSA) is 53.8 Å². The molecule has 1 saturated carbocycles. The van der Waals surface area contributed by atoms with Crippen molar-refractivity contribution in [2.45, 2.75) is 24.9 Å². The number of hydrogen-bond donors (Lipinski definition) is 1. The maximum atomic E-state index is 11.0. The second kappa shape index (κ2) is 2.04. The monoisotopic (exact) mass is 139 g/mol. The van der Waals surface area contributed by atoms with E-state index in [2.05, 4.69) is 15.5 Å². The molecule has 1 atom stereocenters. The molecule has 2 rings (SSSR count). The van der Waals surface area contributed by atoms with Gasteiger partial charge in [-0.1, -0.05) is 0 Å². The summed E-state index contributed by atoms with van der Waals surface area (Å²) in [6.07, 6.45) is 2.27. The zero-order valence-electron chi connectivity index (χ0n) is 5.58. The molecule has 0 radical (unpaired) electrons. The molecule has 0 aromatic carbocycles. The van der Waals surface area contributed by atoms with Crippen LogP contribution in [0.1, 0.15) is 12.8 Å². The van der Waals surface area contributed by atoms with Crippen molar-refractivity contribution in [2.75, 3.05) is 6.54 Å². The number of azo groups is 1. The summed E-state index contributed by atoms with van der Waals surface area (Å²) in [6, 6.07) is 0.281. The van der Waals surface area contributed by atoms with Gasteiger partial charge in [0, 0.05) is 6.04 Å². The molecule has 4 heteroatoms. The zero-order valence-corrected chi connectivity index (χ0v) is 5.58. The normalized spacial score (nSPS) is 29.4. The molecule has 1 N–H and O–H groups in total. The van der Waals surface area contributed by atoms with Crippen LogP contribution in [0.3, 0.4) is 0 Å². The quantitative estimate of drug-likeness (QED) is 0.579. The lowest BCUT2D eigenvalue weighted by Gasteiger charge is -2.13. The molecule has 0 spiro atoms. The molecule has 1 fully saturated rings. The van der Waals surface area contributed by atoms with E-state index in [0.717, 1.165) is 12.8 Å². The molecule has 0 aromatic heterocycles. The van der Waals surface area contributed by atoms with E-state index in [4.69, 9.17) is 0 Å². The Kier molecular flexibility index (Phi) is 1.19. The summed E-state index contributed by atoms with van der Waals surface area (Å²) in [4.78, 5) is 11.0. The van der Waals surface area contributed by atoms with Crippen LogP contribution in [0.5, 0.6) is 0 Å². The average molecular weight is 139 g/mol. The van der Waals surface area contributed by atoms with Crippen LogP contribution in [-0.2, 0) is 4.79 Å². The van der Waals surface area contributed by atoms with Gasteiger partial charge in [0.1, 0.15) is 0 Å². The molecule has 10 heavy (non-hydrogen) atoms. The van der Waals surface area contributed by atoms with E-state index in [1.165, 1.54) is 0 Å². The summed E-state index contributed by atoms with van der Waals surface area (Å²) in [5.74, 6) is 0.0532. The Balaban J connectivity index is 1.80. The average Bonchev–Trinajstić information content (AvgIpc) is 2.43. The van der Waals surface area contributed by atoms with Crippen molar-refractivity contribution >= 4 is 5.91 Å². The third-order valence-corrected chi connectivity index (χ3v) is 1.70. The first kappa shape index (κ1) is 5.82. The van der Waals surface area contributed by atoms with Gasteiger partial charge in [-0.3, -0.25) is 4.79 Å². The third kappa shape index (κ3) is 1.01. The van der Waals surface area contributed by atoms with Gasteiger partial charge in [-0.25, -0.2) is 0 Å². The van der Waals surface area contributed by atoms with Gasteiger partial charge in [0.05, 0.1) is 6.54 Å². The van der Waals surface area contributed by atoms with E-state index in [-0.39, 0.29) is 11.9 Å². The largest absolute Gasteiger partial charge is 0.351 e. The Morgan fingerprint density at radius 1 is 1.50 bits per heavy atom. The lowest BCUT2D eigenvalue weighted by molar-refractivity contribution is -0.123. The van der Waals surface area contributed by atoms with Gasteiger partial charge in [0.15, 0.2) is 6.04 Å². The smallest absolute Gasteiger partial charge is 0.248 e. The van der Waals surface area contributed by atoms with Gasteiger partial charge in [-0.05, 0) is 12.8 Å². The van der Waals surface area contributed by atoms with E-state index in [1.807, 2.05) is 0 Å². The summed E-state index contributed by atoms with van der Waals surface area (Å²) in [5, 5.41) is 10.1. The number of carbonyl (C=O) groups excluding carboxylic acids is 1. The van der Waals surface area contributed by atoms with Crippen molar-refractivity contribution in [1.82, 2.24) is 5.32 Å². The Morgan fingerprint density at radius 3 is 2.60 bits per heavy atom. The molecule has 1 unspecified atom stereocenters. The van der Waals surface area contributed by atoms with Crippen molar-refractivity contribution in [3.63, 3.8) is 0 Å². The van der Waals surface area contributed by atoms with Crippen LogP contribution < -0.4 is 5.32 Å². The summed E-state index contributed by atoms with van der Waals surface area (Å²) in [6.45, 7) is 0.582. The van der Waals surface area contributed by atoms with Crippen molar-refractivity contribution in [3.05, 3.63) is 0 Å². The Bertz CT molecular complexity index is 185. The number of nitrogens with zero attached hydrogens (tertiary/aromatic N) is 2. The minimum atomic E-state index is -0.166. The molecule has 0 saturated heterocycles. The first-order chi connectivity index (χ1) is 4.86. The SMILES string of the molecule is O=C(NC1CC1)C1CN=N1. The lowest BCUT2D eigenvalue weighted by atomic mass is 10.2. The Hall–Kier alpha value is -0.930. The maximum Gasteiger partial charge on any atom is 0.248 e. The van der Waals surface area contributed by atoms with Crippen molar-refractivity contribution in [3.8, 4) is 0 Å². The summed E-state index contributed by atoms with van der Waals surface area (Å²) in [5.41, 5.74) is 0. The van der Waals surface area contributed by atoms with Crippen LogP contribution in [0, 0.1) is 0 Å². The van der Waals surface area contributed by atoms with Crippen molar-refractivity contribution < 1.29 is 4.79 Å². The standard InChI is InChI=1S/C6H9N3O/c10-6(5-3-7-9-5)8-4-1-2-4/h4-5H,1-3H2,(H,8,10). The van der Waals surface area contributed by atoms with Gasteiger partial charge in [-0.15, -0.1) is 0 Å². The molecule has 1 amide bonds. The summed E-state index contributed by atoms with van der Waals surface area (Å²) in [7, 11) is 0. The van der Waals surface area contributed by atoms with Crippen LogP contribution in [-0.4, -0.2) is 24.5 Å². The minimum absolute atomic E-state index is 0.0532. The van der Waals surface area contributed by atoms with E-state index < -0.39 is 0 Å². The predicted octanol–water partition coefficient (Wildman–Crippen LogP) is 0.0994. The number of amides is 1. The summed E-state index contributed by atoms with van der Waals surface area (Å²) < 4.78 is 0. The number of nitrogens with one attached hydrogen (secondary N) is 1. The first-order valence-corrected chi connectivity index (χ1v) is 3.53. The molecule has 0 bridgehead atoms. The highest BCUT2D eigenvalue weighted by molar-refractivity contribution is 5.83. The number of hydrogen-bond acceptors (Lipinski definition) is 3. The molecular weight excluding hydrogens is 130 g/mol. The van der Waals surface area contributed by atoms with Gasteiger partial charge in [-0.2, -0.15) is 10.2 Å². The lowest BCUT2D eigenvalue weighted by Crippen LogP contribution is -2.39. The Morgan fingerprint density at radius 2 is 2.20 bits per heavy atom. The molecular formula is C6H9N3O. The highest BCUT2D eigenvalue weighted by Gasteiger charge is 2.29. The van der Waals surface area contributed by atoms with Crippen LogP contribution in [0.25, 0.3) is 0 Å².